The number of amides is 1. The zero-order valence-corrected chi connectivity index (χ0v) is 19.0. The van der Waals surface area contributed by atoms with Gasteiger partial charge >= 0.3 is 0 Å². The molecule has 0 aromatic heterocycles. The van der Waals surface area contributed by atoms with Crippen LogP contribution in [0.5, 0.6) is 0 Å². The van der Waals surface area contributed by atoms with Gasteiger partial charge in [-0.05, 0) is 58.9 Å². The van der Waals surface area contributed by atoms with Gasteiger partial charge in [-0.15, -0.1) is 0 Å². The maximum Gasteiger partial charge on any atom is 0.251 e. The number of carbonyl (C=O) groups is 1. The predicted molar refractivity (Wildman–Crippen MR) is 117 cm³/mol. The normalized spacial score (nSPS) is 27.4. The van der Waals surface area contributed by atoms with Crippen molar-refractivity contribution in [1.29, 1.82) is 0 Å². The first-order chi connectivity index (χ1) is 13.9. The van der Waals surface area contributed by atoms with Crippen LogP contribution in [0.3, 0.4) is 0 Å². The molecule has 3 rings (SSSR count). The van der Waals surface area contributed by atoms with E-state index < -0.39 is 0 Å². The fourth-order valence-corrected chi connectivity index (χ4v) is 4.65. The van der Waals surface area contributed by atoms with E-state index >= 15 is 0 Å². The summed E-state index contributed by atoms with van der Waals surface area (Å²) in [5, 5.41) is 3.47. The second-order valence-corrected chi connectivity index (χ2v) is 9.49. The number of piperazine rings is 1. The maximum atomic E-state index is 12.6. The zero-order chi connectivity index (χ0) is 20.9. The number of hydrogen-bond acceptors (Lipinski definition) is 4. The number of hydrogen-bond donors (Lipinski definition) is 1. The largest absolute Gasteiger partial charge is 0.368 e. The highest BCUT2D eigenvalue weighted by Crippen LogP contribution is 2.24. The van der Waals surface area contributed by atoms with Crippen LogP contribution in [0.1, 0.15) is 53.4 Å². The average molecular weight is 408 g/mol. The number of likely N-dealkylation sites (tertiary alicyclic amines) is 1. The van der Waals surface area contributed by atoms with Gasteiger partial charge in [-0.2, -0.15) is 0 Å². The Balaban J connectivity index is 1.55. The Kier molecular flexibility index (Phi) is 7.79. The molecule has 3 aliphatic heterocycles. The molecule has 1 N–H and O–H groups in total. The Hall–Kier alpha value is -1.34. The van der Waals surface area contributed by atoms with E-state index in [9.17, 15) is 4.79 Å². The number of ether oxygens (including phenoxy) is 1. The van der Waals surface area contributed by atoms with Crippen molar-refractivity contribution < 1.29 is 9.53 Å². The van der Waals surface area contributed by atoms with Crippen LogP contribution in [0.4, 0.5) is 0 Å². The Bertz CT molecular complexity index is 566. The molecule has 0 aromatic rings. The van der Waals surface area contributed by atoms with Crippen molar-refractivity contribution in [3.05, 3.63) is 0 Å². The summed E-state index contributed by atoms with van der Waals surface area (Å²) in [6.45, 7) is 17.0. The second-order valence-electron chi connectivity index (χ2n) is 9.49. The van der Waals surface area contributed by atoms with Crippen molar-refractivity contribution in [1.82, 2.24) is 20.0 Å². The molecule has 0 bridgehead atoms. The molecule has 3 fully saturated rings. The topological polar surface area (TPSA) is 60.4 Å². The van der Waals surface area contributed by atoms with Crippen LogP contribution in [-0.4, -0.2) is 97.2 Å². The minimum Gasteiger partial charge on any atom is -0.368 e. The van der Waals surface area contributed by atoms with Gasteiger partial charge in [0.25, 0.3) is 5.91 Å². The molecule has 2 unspecified atom stereocenters. The molecule has 166 valence electrons. The Morgan fingerprint density at radius 2 is 1.83 bits per heavy atom. The number of guanidine groups is 1. The second kappa shape index (κ2) is 10.1. The van der Waals surface area contributed by atoms with Gasteiger partial charge in [0.05, 0.1) is 6.54 Å². The number of aliphatic imine (C=N–C) groups is 1. The molecule has 0 aliphatic carbocycles. The molecule has 0 radical (unpaired) electrons. The van der Waals surface area contributed by atoms with Crippen LogP contribution >= 0.6 is 0 Å². The van der Waals surface area contributed by atoms with Gasteiger partial charge in [-0.3, -0.25) is 14.7 Å². The first-order valence-corrected chi connectivity index (χ1v) is 11.6. The van der Waals surface area contributed by atoms with E-state index in [2.05, 4.69) is 42.8 Å². The number of nitrogens with one attached hydrogen (secondary N) is 1. The van der Waals surface area contributed by atoms with Crippen LogP contribution in [0, 0.1) is 5.92 Å². The summed E-state index contributed by atoms with van der Waals surface area (Å²) in [6, 6.07) is 0. The molecule has 3 aliphatic rings. The van der Waals surface area contributed by atoms with E-state index in [4.69, 9.17) is 9.73 Å². The lowest BCUT2D eigenvalue weighted by molar-refractivity contribution is -0.142. The van der Waals surface area contributed by atoms with Gasteiger partial charge in [0.1, 0.15) is 6.10 Å². The third-order valence-electron chi connectivity index (χ3n) is 6.56. The molecule has 7 heteroatoms. The first kappa shape index (κ1) is 22.3. The summed E-state index contributed by atoms with van der Waals surface area (Å²) in [7, 11) is 0. The third-order valence-corrected chi connectivity index (χ3v) is 6.56. The molecular weight excluding hydrogens is 366 g/mol. The van der Waals surface area contributed by atoms with E-state index in [1.165, 1.54) is 25.9 Å². The molecule has 0 aromatic carbocycles. The van der Waals surface area contributed by atoms with Gasteiger partial charge in [0.15, 0.2) is 5.96 Å². The van der Waals surface area contributed by atoms with Crippen LogP contribution in [-0.2, 0) is 9.53 Å². The van der Waals surface area contributed by atoms with Crippen LogP contribution in [0.15, 0.2) is 4.99 Å². The average Bonchev–Trinajstić information content (AvgIpc) is 3.26. The fraction of sp³-hybridized carbons (Fsp3) is 0.909. The quantitative estimate of drug-likeness (QED) is 0.556. The monoisotopic (exact) mass is 407 g/mol. The lowest BCUT2D eigenvalue weighted by atomic mass is 9.94. The highest BCUT2D eigenvalue weighted by atomic mass is 16.5. The highest BCUT2D eigenvalue weighted by molar-refractivity contribution is 5.82. The molecular formula is C22H41N5O2. The molecule has 29 heavy (non-hydrogen) atoms. The van der Waals surface area contributed by atoms with Crippen molar-refractivity contribution in [2.45, 2.75) is 65.0 Å². The number of rotatable bonds is 5. The minimum absolute atomic E-state index is 0.0625. The van der Waals surface area contributed by atoms with Crippen molar-refractivity contribution in [2.75, 3.05) is 59.0 Å². The highest BCUT2D eigenvalue weighted by Gasteiger charge is 2.32. The summed E-state index contributed by atoms with van der Waals surface area (Å²) in [5.41, 5.74) is 0.0625. The lowest BCUT2D eigenvalue weighted by Gasteiger charge is -2.42. The van der Waals surface area contributed by atoms with Gasteiger partial charge in [-0.1, -0.05) is 6.92 Å². The van der Waals surface area contributed by atoms with Gasteiger partial charge < -0.3 is 19.9 Å². The van der Waals surface area contributed by atoms with E-state index in [-0.39, 0.29) is 17.6 Å². The lowest BCUT2D eigenvalue weighted by Crippen LogP contribution is -2.56. The summed E-state index contributed by atoms with van der Waals surface area (Å²) in [5.74, 6) is 1.92. The van der Waals surface area contributed by atoms with E-state index in [0.29, 0.717) is 0 Å². The predicted octanol–water partition coefficient (Wildman–Crippen LogP) is 1.79. The van der Waals surface area contributed by atoms with Crippen LogP contribution < -0.4 is 5.32 Å². The number of piperidine rings is 1. The van der Waals surface area contributed by atoms with E-state index in [1.807, 2.05) is 4.90 Å². The summed E-state index contributed by atoms with van der Waals surface area (Å²) >= 11 is 0. The summed E-state index contributed by atoms with van der Waals surface area (Å²) < 4.78 is 5.58. The number of carbonyl (C=O) groups excluding carboxylic acids is 1. The fourth-order valence-electron chi connectivity index (χ4n) is 4.65. The Labute approximate surface area is 176 Å². The Morgan fingerprint density at radius 3 is 2.45 bits per heavy atom. The van der Waals surface area contributed by atoms with E-state index in [0.717, 1.165) is 70.6 Å². The van der Waals surface area contributed by atoms with Gasteiger partial charge in [0, 0.05) is 51.4 Å². The molecule has 3 saturated heterocycles. The van der Waals surface area contributed by atoms with Crippen molar-refractivity contribution in [3.8, 4) is 0 Å². The third kappa shape index (κ3) is 5.85. The maximum absolute atomic E-state index is 12.6. The molecule has 7 nitrogen and oxygen atoms in total. The molecule has 3 heterocycles. The SMILES string of the molecule is CCNC(=NCC(C)(C)N1CCCC(C)C1)N1CCN(C(=O)C2CCCO2)CC1. The van der Waals surface area contributed by atoms with E-state index in [1.54, 1.807) is 0 Å². The van der Waals surface area contributed by atoms with Crippen molar-refractivity contribution in [3.63, 3.8) is 0 Å². The molecule has 0 spiro atoms. The van der Waals surface area contributed by atoms with Gasteiger partial charge in [-0.25, -0.2) is 0 Å². The smallest absolute Gasteiger partial charge is 0.251 e. The van der Waals surface area contributed by atoms with Crippen molar-refractivity contribution in [2.24, 2.45) is 10.9 Å². The minimum atomic E-state index is -0.212. The molecule has 2 atom stereocenters. The van der Waals surface area contributed by atoms with Gasteiger partial charge in [0.2, 0.25) is 0 Å². The zero-order valence-electron chi connectivity index (χ0n) is 19.0. The molecule has 1 amide bonds. The van der Waals surface area contributed by atoms with Crippen LogP contribution in [0.2, 0.25) is 0 Å². The first-order valence-electron chi connectivity index (χ1n) is 11.6. The van der Waals surface area contributed by atoms with Crippen molar-refractivity contribution >= 4 is 11.9 Å². The summed E-state index contributed by atoms with van der Waals surface area (Å²) in [4.78, 5) is 24.5. The number of nitrogens with zero attached hydrogens (tertiary/aromatic N) is 4. The molecule has 0 saturated carbocycles. The van der Waals surface area contributed by atoms with Crippen LogP contribution in [0.25, 0.3) is 0 Å². The Morgan fingerprint density at radius 1 is 1.10 bits per heavy atom. The standard InChI is InChI=1S/C22H41N5O2/c1-5-23-21(24-17-22(3,4)27-10-6-8-18(2)16-27)26-13-11-25(12-14-26)20(28)19-9-7-15-29-19/h18-19H,5-17H2,1-4H3,(H,23,24). The summed E-state index contributed by atoms with van der Waals surface area (Å²) in [6.07, 6.45) is 4.28.